The van der Waals surface area contributed by atoms with Crippen molar-refractivity contribution < 1.29 is 9.59 Å². The number of hydrogen-bond donors (Lipinski definition) is 1. The molecule has 1 N–H and O–H groups in total. The summed E-state index contributed by atoms with van der Waals surface area (Å²) in [6, 6.07) is 15.7. The molecular weight excluding hydrogens is 348 g/mol. The summed E-state index contributed by atoms with van der Waals surface area (Å²) < 4.78 is 0. The van der Waals surface area contributed by atoms with Crippen molar-refractivity contribution in [3.8, 4) is 0 Å². The summed E-state index contributed by atoms with van der Waals surface area (Å²) >= 11 is 0. The lowest BCUT2D eigenvalue weighted by atomic mass is 9.88. The molecule has 0 saturated carbocycles. The molecule has 0 unspecified atom stereocenters. The molecule has 4 nitrogen and oxygen atoms in total. The number of amides is 1. The fraction of sp³-hybridized carbons (Fsp3) is 0.333. The molecule has 1 heterocycles. The molecule has 1 aliphatic heterocycles. The standard InChI is InChI=1S/C24H28N2O2/c1-3-26(4-2)24(28)21-10-8-19(9-11-21)23(20-12-14-25-15-13-20)22-7-5-6-18(16-22)17-27/h5-11,16-17,25H,3-4,12-15H2,1-2H3. The fourth-order valence-electron chi connectivity index (χ4n) is 3.79. The summed E-state index contributed by atoms with van der Waals surface area (Å²) in [5, 5.41) is 3.40. The molecular formula is C24H28N2O2. The van der Waals surface area contributed by atoms with Crippen LogP contribution in [-0.2, 0) is 0 Å². The first-order valence-electron chi connectivity index (χ1n) is 10.1. The number of rotatable bonds is 6. The molecule has 4 heteroatoms. The van der Waals surface area contributed by atoms with Crippen LogP contribution in [0.1, 0.15) is 58.5 Å². The van der Waals surface area contributed by atoms with Crippen molar-refractivity contribution in [3.05, 3.63) is 76.4 Å². The third-order valence-corrected chi connectivity index (χ3v) is 5.34. The zero-order valence-electron chi connectivity index (χ0n) is 16.7. The van der Waals surface area contributed by atoms with Crippen LogP contribution in [0.4, 0.5) is 0 Å². The lowest BCUT2D eigenvalue weighted by Gasteiger charge is -2.22. The number of nitrogens with zero attached hydrogens (tertiary/aromatic N) is 1. The van der Waals surface area contributed by atoms with Gasteiger partial charge in [-0.3, -0.25) is 9.59 Å². The molecule has 0 atom stereocenters. The number of nitrogens with one attached hydrogen (secondary N) is 1. The van der Waals surface area contributed by atoms with Crippen LogP contribution in [0.15, 0.2) is 54.1 Å². The van der Waals surface area contributed by atoms with Crippen molar-refractivity contribution in [3.63, 3.8) is 0 Å². The number of aldehydes is 1. The minimum Gasteiger partial charge on any atom is -0.339 e. The molecule has 1 amide bonds. The Bertz CT molecular complexity index is 856. The molecule has 2 aromatic carbocycles. The topological polar surface area (TPSA) is 49.4 Å². The molecule has 0 aliphatic carbocycles. The van der Waals surface area contributed by atoms with Gasteiger partial charge in [-0.2, -0.15) is 0 Å². The quantitative estimate of drug-likeness (QED) is 0.770. The molecule has 0 radical (unpaired) electrons. The number of carbonyl (C=O) groups excluding carboxylic acids is 2. The van der Waals surface area contributed by atoms with Gasteiger partial charge in [0.15, 0.2) is 0 Å². The van der Waals surface area contributed by atoms with E-state index in [0.717, 1.165) is 43.3 Å². The molecule has 2 aromatic rings. The second-order valence-electron chi connectivity index (χ2n) is 7.03. The van der Waals surface area contributed by atoms with Crippen molar-refractivity contribution in [2.24, 2.45) is 0 Å². The first-order valence-corrected chi connectivity index (χ1v) is 10.1. The van der Waals surface area contributed by atoms with Gasteiger partial charge in [0.2, 0.25) is 0 Å². The number of piperidine rings is 1. The highest BCUT2D eigenvalue weighted by Crippen LogP contribution is 2.31. The molecule has 1 saturated heterocycles. The van der Waals surface area contributed by atoms with Crippen molar-refractivity contribution >= 4 is 17.8 Å². The Balaban J connectivity index is 2.01. The molecule has 0 bridgehead atoms. The first-order chi connectivity index (χ1) is 13.7. The summed E-state index contributed by atoms with van der Waals surface area (Å²) in [6.45, 7) is 7.33. The molecule has 3 rings (SSSR count). The van der Waals surface area contributed by atoms with Crippen LogP contribution in [0.2, 0.25) is 0 Å². The van der Waals surface area contributed by atoms with Crippen LogP contribution < -0.4 is 5.32 Å². The maximum absolute atomic E-state index is 12.6. The Kier molecular flexibility index (Phi) is 6.77. The predicted molar refractivity (Wildman–Crippen MR) is 114 cm³/mol. The smallest absolute Gasteiger partial charge is 0.253 e. The Morgan fingerprint density at radius 1 is 0.964 bits per heavy atom. The van der Waals surface area contributed by atoms with E-state index >= 15 is 0 Å². The van der Waals surface area contributed by atoms with Crippen LogP contribution in [0, 0.1) is 0 Å². The zero-order valence-corrected chi connectivity index (χ0v) is 16.7. The van der Waals surface area contributed by atoms with E-state index in [1.807, 2.05) is 61.2 Å². The van der Waals surface area contributed by atoms with Crippen molar-refractivity contribution in [2.75, 3.05) is 26.2 Å². The summed E-state index contributed by atoms with van der Waals surface area (Å²) in [5.74, 6) is 0.0653. The lowest BCUT2D eigenvalue weighted by molar-refractivity contribution is 0.0773. The van der Waals surface area contributed by atoms with Gasteiger partial charge in [0.1, 0.15) is 6.29 Å². The van der Waals surface area contributed by atoms with Crippen molar-refractivity contribution in [1.82, 2.24) is 10.2 Å². The Hall–Kier alpha value is -2.72. The Labute approximate surface area is 167 Å². The first kappa shape index (κ1) is 20.0. The van der Waals surface area contributed by atoms with Gasteiger partial charge >= 0.3 is 0 Å². The lowest BCUT2D eigenvalue weighted by Crippen LogP contribution is -2.30. The molecule has 146 valence electrons. The zero-order chi connectivity index (χ0) is 19.9. The number of carbonyl (C=O) groups is 2. The highest BCUT2D eigenvalue weighted by atomic mass is 16.2. The molecule has 28 heavy (non-hydrogen) atoms. The van der Waals surface area contributed by atoms with E-state index in [2.05, 4.69) is 11.4 Å². The normalized spacial score (nSPS) is 13.9. The predicted octanol–water partition coefficient (Wildman–Crippen LogP) is 4.17. The van der Waals surface area contributed by atoms with Gasteiger partial charge in [0.25, 0.3) is 5.91 Å². The minimum absolute atomic E-state index is 0.0653. The third kappa shape index (κ3) is 4.39. The summed E-state index contributed by atoms with van der Waals surface area (Å²) in [6.07, 6.45) is 2.86. The minimum atomic E-state index is 0.0653. The van der Waals surface area contributed by atoms with Crippen molar-refractivity contribution in [2.45, 2.75) is 26.7 Å². The molecule has 1 aliphatic rings. The summed E-state index contributed by atoms with van der Waals surface area (Å²) in [5.41, 5.74) is 6.12. The highest BCUT2D eigenvalue weighted by molar-refractivity contribution is 5.95. The average molecular weight is 377 g/mol. The van der Waals surface area contributed by atoms with Crippen LogP contribution >= 0.6 is 0 Å². The van der Waals surface area contributed by atoms with Crippen LogP contribution in [-0.4, -0.2) is 43.3 Å². The fourth-order valence-corrected chi connectivity index (χ4v) is 3.79. The monoisotopic (exact) mass is 376 g/mol. The number of benzene rings is 2. The summed E-state index contributed by atoms with van der Waals surface area (Å²) in [7, 11) is 0. The Morgan fingerprint density at radius 2 is 1.61 bits per heavy atom. The van der Waals surface area contributed by atoms with Gasteiger partial charge in [-0.05, 0) is 74.7 Å². The van der Waals surface area contributed by atoms with E-state index in [1.165, 1.54) is 11.1 Å². The van der Waals surface area contributed by atoms with Gasteiger partial charge in [-0.25, -0.2) is 0 Å². The SMILES string of the molecule is CCN(CC)C(=O)c1ccc(C(=C2CCNCC2)c2cccc(C=O)c2)cc1. The van der Waals surface area contributed by atoms with Gasteiger partial charge in [0.05, 0.1) is 0 Å². The van der Waals surface area contributed by atoms with E-state index in [-0.39, 0.29) is 5.91 Å². The van der Waals surface area contributed by atoms with E-state index in [0.29, 0.717) is 24.2 Å². The third-order valence-electron chi connectivity index (χ3n) is 5.34. The van der Waals surface area contributed by atoms with E-state index in [1.54, 1.807) is 0 Å². The maximum Gasteiger partial charge on any atom is 0.253 e. The van der Waals surface area contributed by atoms with E-state index in [4.69, 9.17) is 0 Å². The molecule has 1 fully saturated rings. The largest absolute Gasteiger partial charge is 0.339 e. The average Bonchev–Trinajstić information content (AvgIpc) is 2.76. The van der Waals surface area contributed by atoms with E-state index in [9.17, 15) is 9.59 Å². The summed E-state index contributed by atoms with van der Waals surface area (Å²) in [4.78, 5) is 25.7. The molecule has 0 spiro atoms. The second kappa shape index (κ2) is 9.47. The second-order valence-corrected chi connectivity index (χ2v) is 7.03. The maximum atomic E-state index is 12.6. The molecule has 0 aromatic heterocycles. The van der Waals surface area contributed by atoms with Crippen LogP contribution in [0.5, 0.6) is 0 Å². The van der Waals surface area contributed by atoms with Crippen LogP contribution in [0.25, 0.3) is 5.57 Å². The van der Waals surface area contributed by atoms with Crippen LogP contribution in [0.3, 0.4) is 0 Å². The highest BCUT2D eigenvalue weighted by Gasteiger charge is 2.17. The van der Waals surface area contributed by atoms with E-state index < -0.39 is 0 Å². The van der Waals surface area contributed by atoms with Gasteiger partial charge in [-0.15, -0.1) is 0 Å². The Morgan fingerprint density at radius 3 is 2.21 bits per heavy atom. The van der Waals surface area contributed by atoms with Gasteiger partial charge < -0.3 is 10.2 Å². The van der Waals surface area contributed by atoms with Crippen molar-refractivity contribution in [1.29, 1.82) is 0 Å². The van der Waals surface area contributed by atoms with Gasteiger partial charge in [0, 0.05) is 24.2 Å². The number of hydrogen-bond acceptors (Lipinski definition) is 3. The van der Waals surface area contributed by atoms with Gasteiger partial charge in [-0.1, -0.05) is 35.9 Å².